The number of hydrogen-bond donors (Lipinski definition) is 3. The molecule has 0 aliphatic heterocycles. The quantitative estimate of drug-likeness (QED) is 0.460. The van der Waals surface area contributed by atoms with Gasteiger partial charge in [-0.3, -0.25) is 9.59 Å². The zero-order valence-corrected chi connectivity index (χ0v) is 12.8. The van der Waals surface area contributed by atoms with Crippen molar-refractivity contribution < 1.29 is 14.7 Å². The van der Waals surface area contributed by atoms with Crippen molar-refractivity contribution in [1.82, 2.24) is 5.43 Å². The molecule has 0 atom stereocenters. The summed E-state index contributed by atoms with van der Waals surface area (Å²) in [4.78, 5) is 23.6. The first-order chi connectivity index (χ1) is 11.0. The molecule has 0 saturated heterocycles. The van der Waals surface area contributed by atoms with Crippen LogP contribution in [0, 0.1) is 13.8 Å². The van der Waals surface area contributed by atoms with Gasteiger partial charge in [-0.1, -0.05) is 30.3 Å². The highest BCUT2D eigenvalue weighted by Gasteiger charge is 2.14. The zero-order chi connectivity index (χ0) is 16.8. The molecule has 0 unspecified atom stereocenters. The van der Waals surface area contributed by atoms with E-state index in [-0.39, 0.29) is 5.75 Å². The van der Waals surface area contributed by atoms with Crippen LogP contribution < -0.4 is 10.7 Å². The van der Waals surface area contributed by atoms with Crippen LogP contribution in [0.5, 0.6) is 5.75 Å². The number of rotatable bonds is 3. The summed E-state index contributed by atoms with van der Waals surface area (Å²) in [5, 5.41) is 15.6. The third-order valence-electron chi connectivity index (χ3n) is 3.18. The molecule has 0 aromatic heterocycles. The van der Waals surface area contributed by atoms with Gasteiger partial charge in [0, 0.05) is 5.69 Å². The van der Waals surface area contributed by atoms with E-state index in [0.29, 0.717) is 11.3 Å². The molecule has 0 heterocycles. The minimum absolute atomic E-state index is 0.0908. The van der Waals surface area contributed by atoms with Crippen molar-refractivity contribution in [1.29, 1.82) is 0 Å². The highest BCUT2D eigenvalue weighted by molar-refractivity contribution is 6.39. The molecule has 0 aliphatic carbocycles. The summed E-state index contributed by atoms with van der Waals surface area (Å²) in [5.74, 6) is -1.58. The van der Waals surface area contributed by atoms with Crippen LogP contribution in [0.4, 0.5) is 5.69 Å². The van der Waals surface area contributed by atoms with Crippen LogP contribution in [0.15, 0.2) is 47.6 Å². The van der Waals surface area contributed by atoms with Gasteiger partial charge in [0.2, 0.25) is 0 Å². The van der Waals surface area contributed by atoms with E-state index in [9.17, 15) is 14.7 Å². The zero-order valence-electron chi connectivity index (χ0n) is 12.8. The van der Waals surface area contributed by atoms with Crippen molar-refractivity contribution in [2.75, 3.05) is 5.32 Å². The van der Waals surface area contributed by atoms with Gasteiger partial charge in [-0.05, 0) is 42.7 Å². The van der Waals surface area contributed by atoms with Crippen molar-refractivity contribution in [2.45, 2.75) is 13.8 Å². The number of nitrogens with zero attached hydrogens (tertiary/aromatic N) is 1. The van der Waals surface area contributed by atoms with E-state index in [0.717, 1.165) is 11.1 Å². The summed E-state index contributed by atoms with van der Waals surface area (Å²) in [6, 6.07) is 11.9. The van der Waals surface area contributed by atoms with Gasteiger partial charge in [0.1, 0.15) is 5.75 Å². The molecule has 0 fully saturated rings. The van der Waals surface area contributed by atoms with Crippen LogP contribution >= 0.6 is 0 Å². The number of nitrogens with one attached hydrogen (secondary N) is 2. The number of hydrazone groups is 1. The van der Waals surface area contributed by atoms with Gasteiger partial charge in [-0.15, -0.1) is 0 Å². The molecule has 6 heteroatoms. The molecule has 0 saturated carbocycles. The second kappa shape index (κ2) is 7.22. The molecule has 118 valence electrons. The molecule has 2 aromatic rings. The summed E-state index contributed by atoms with van der Waals surface area (Å²) >= 11 is 0. The lowest BCUT2D eigenvalue weighted by atomic mass is 10.1. The maximum Gasteiger partial charge on any atom is 0.329 e. The summed E-state index contributed by atoms with van der Waals surface area (Å²) in [6.07, 6.45) is 1.34. The average Bonchev–Trinajstić information content (AvgIpc) is 2.51. The van der Waals surface area contributed by atoms with Crippen LogP contribution in [0.25, 0.3) is 0 Å². The SMILES string of the molecule is Cc1cccc(C)c1NC(=O)C(=O)N/N=C\c1cccc(O)c1. The topological polar surface area (TPSA) is 90.8 Å². The molecule has 23 heavy (non-hydrogen) atoms. The second-order valence-electron chi connectivity index (χ2n) is 5.02. The minimum Gasteiger partial charge on any atom is -0.508 e. The molecule has 3 N–H and O–H groups in total. The second-order valence-corrected chi connectivity index (χ2v) is 5.02. The third-order valence-corrected chi connectivity index (χ3v) is 3.18. The fraction of sp³-hybridized carbons (Fsp3) is 0.118. The number of aromatic hydroxyl groups is 1. The van der Waals surface area contributed by atoms with Gasteiger partial charge in [0.05, 0.1) is 6.21 Å². The fourth-order valence-electron chi connectivity index (χ4n) is 2.00. The normalized spacial score (nSPS) is 10.5. The first kappa shape index (κ1) is 16.2. The molecule has 2 amide bonds. The molecular weight excluding hydrogens is 294 g/mol. The molecule has 2 aromatic carbocycles. The number of carbonyl (C=O) groups excluding carboxylic acids is 2. The third kappa shape index (κ3) is 4.41. The molecule has 0 aliphatic rings. The molecule has 6 nitrogen and oxygen atoms in total. The Labute approximate surface area is 133 Å². The van der Waals surface area contributed by atoms with Gasteiger partial charge in [-0.25, -0.2) is 5.43 Å². The number of benzene rings is 2. The Morgan fingerprint density at radius 1 is 1.04 bits per heavy atom. The van der Waals surface area contributed by atoms with Crippen LogP contribution in [0.1, 0.15) is 16.7 Å². The van der Waals surface area contributed by atoms with Crippen LogP contribution in [-0.4, -0.2) is 23.1 Å². The highest BCUT2D eigenvalue weighted by Crippen LogP contribution is 2.19. The predicted octanol–water partition coefficient (Wildman–Crippen LogP) is 2.10. The van der Waals surface area contributed by atoms with Crippen LogP contribution in [-0.2, 0) is 9.59 Å². The van der Waals surface area contributed by atoms with Crippen molar-refractivity contribution in [3.63, 3.8) is 0 Å². The Bertz CT molecular complexity index is 749. The van der Waals surface area contributed by atoms with E-state index < -0.39 is 11.8 Å². The first-order valence-corrected chi connectivity index (χ1v) is 6.97. The Balaban J connectivity index is 1.97. The highest BCUT2D eigenvalue weighted by atomic mass is 16.3. The molecule has 0 radical (unpaired) electrons. The standard InChI is InChI=1S/C17H17N3O3/c1-11-5-3-6-12(2)15(11)19-16(22)17(23)20-18-10-13-7-4-8-14(21)9-13/h3-10,21H,1-2H3,(H,19,22)(H,20,23)/b18-10-. The Hall–Kier alpha value is -3.15. The average molecular weight is 311 g/mol. The van der Waals surface area contributed by atoms with Gasteiger partial charge >= 0.3 is 11.8 Å². The lowest BCUT2D eigenvalue weighted by molar-refractivity contribution is -0.136. The van der Waals surface area contributed by atoms with E-state index in [1.807, 2.05) is 32.0 Å². The van der Waals surface area contributed by atoms with Crippen molar-refractivity contribution >= 4 is 23.7 Å². The maximum absolute atomic E-state index is 11.9. The summed E-state index contributed by atoms with van der Waals surface area (Å²) in [6.45, 7) is 3.70. The molecule has 0 spiro atoms. The largest absolute Gasteiger partial charge is 0.508 e. The number of phenols is 1. The number of phenolic OH excluding ortho intramolecular Hbond substituents is 1. The Morgan fingerprint density at radius 3 is 2.35 bits per heavy atom. The predicted molar refractivity (Wildman–Crippen MR) is 88.4 cm³/mol. The molecular formula is C17H17N3O3. The van der Waals surface area contributed by atoms with E-state index in [2.05, 4.69) is 15.8 Å². The number of para-hydroxylation sites is 1. The molecule has 0 bridgehead atoms. The first-order valence-electron chi connectivity index (χ1n) is 6.97. The van der Waals surface area contributed by atoms with Gasteiger partial charge in [0.25, 0.3) is 0 Å². The lowest BCUT2D eigenvalue weighted by Crippen LogP contribution is -2.32. The van der Waals surface area contributed by atoms with Crippen molar-refractivity contribution in [2.24, 2.45) is 5.10 Å². The summed E-state index contributed by atoms with van der Waals surface area (Å²) in [7, 11) is 0. The van der Waals surface area contributed by atoms with Crippen LogP contribution in [0.2, 0.25) is 0 Å². The van der Waals surface area contributed by atoms with E-state index >= 15 is 0 Å². The van der Waals surface area contributed by atoms with E-state index in [4.69, 9.17) is 0 Å². The maximum atomic E-state index is 11.9. The minimum atomic E-state index is -0.871. The van der Waals surface area contributed by atoms with Crippen LogP contribution in [0.3, 0.4) is 0 Å². The van der Waals surface area contributed by atoms with Gasteiger partial charge in [-0.2, -0.15) is 5.10 Å². The number of aryl methyl sites for hydroxylation is 2. The van der Waals surface area contributed by atoms with E-state index in [1.165, 1.54) is 18.3 Å². The monoisotopic (exact) mass is 311 g/mol. The number of hydrogen-bond acceptors (Lipinski definition) is 4. The summed E-state index contributed by atoms with van der Waals surface area (Å²) < 4.78 is 0. The Morgan fingerprint density at radius 2 is 1.70 bits per heavy atom. The smallest absolute Gasteiger partial charge is 0.329 e. The number of amides is 2. The van der Waals surface area contributed by atoms with Crippen molar-refractivity contribution in [3.05, 3.63) is 59.2 Å². The van der Waals surface area contributed by atoms with E-state index in [1.54, 1.807) is 12.1 Å². The van der Waals surface area contributed by atoms with Crippen molar-refractivity contribution in [3.8, 4) is 5.75 Å². The van der Waals surface area contributed by atoms with Gasteiger partial charge in [0.15, 0.2) is 0 Å². The van der Waals surface area contributed by atoms with Gasteiger partial charge < -0.3 is 10.4 Å². The summed E-state index contributed by atoms with van der Waals surface area (Å²) in [5.41, 5.74) is 5.10. The number of anilines is 1. The molecule has 2 rings (SSSR count). The fourth-order valence-corrected chi connectivity index (χ4v) is 2.00. The number of carbonyl (C=O) groups is 2. The Kier molecular flexibility index (Phi) is 5.09. The lowest BCUT2D eigenvalue weighted by Gasteiger charge is -2.10.